The third kappa shape index (κ3) is 6.02. The van der Waals surface area contributed by atoms with E-state index in [1.807, 2.05) is 0 Å². The highest BCUT2D eigenvalue weighted by molar-refractivity contribution is 7.89. The number of alkyl halides is 3. The zero-order valence-corrected chi connectivity index (χ0v) is 13.1. The standard InChI is InChI=1S/C12H15F3N2O5S/c1-8(2)22-10-7-9(17(18)19)3-4-11(10)23(20,21)16-6-5-12(13,14)15/h3-4,7-8,16H,5-6H2,1-2H3. The lowest BCUT2D eigenvalue weighted by molar-refractivity contribution is -0.385. The predicted octanol–water partition coefficient (Wildman–Crippen LogP) is 2.61. The van der Waals surface area contributed by atoms with E-state index in [1.165, 1.54) is 0 Å². The SMILES string of the molecule is CC(C)Oc1cc([N+](=O)[O-])ccc1S(=O)(=O)NCCC(F)(F)F. The maximum atomic E-state index is 12.1. The molecule has 0 spiro atoms. The first-order valence-corrected chi connectivity index (χ1v) is 7.92. The number of hydrogen-bond acceptors (Lipinski definition) is 5. The normalized spacial score (nSPS) is 12.4. The monoisotopic (exact) mass is 356 g/mol. The molecule has 0 aliphatic rings. The molecular weight excluding hydrogens is 341 g/mol. The summed E-state index contributed by atoms with van der Waals surface area (Å²) in [5, 5.41) is 10.7. The molecule has 1 aromatic rings. The minimum absolute atomic E-state index is 0.297. The van der Waals surface area contributed by atoms with Crippen molar-refractivity contribution in [1.29, 1.82) is 0 Å². The van der Waals surface area contributed by atoms with Crippen LogP contribution in [0.2, 0.25) is 0 Å². The molecule has 0 aliphatic carbocycles. The highest BCUT2D eigenvalue weighted by Gasteiger charge is 2.29. The van der Waals surface area contributed by atoms with E-state index in [9.17, 15) is 31.7 Å². The van der Waals surface area contributed by atoms with E-state index < -0.39 is 50.8 Å². The van der Waals surface area contributed by atoms with Gasteiger partial charge in [-0.1, -0.05) is 0 Å². The number of nitrogens with one attached hydrogen (secondary N) is 1. The van der Waals surface area contributed by atoms with E-state index in [-0.39, 0.29) is 5.75 Å². The van der Waals surface area contributed by atoms with Crippen molar-refractivity contribution < 1.29 is 31.2 Å². The fourth-order valence-electron chi connectivity index (χ4n) is 1.58. The van der Waals surface area contributed by atoms with Crippen LogP contribution in [0.1, 0.15) is 20.3 Å². The van der Waals surface area contributed by atoms with Crippen LogP contribution in [-0.4, -0.2) is 32.2 Å². The maximum Gasteiger partial charge on any atom is 0.390 e. The molecule has 0 radical (unpaired) electrons. The fourth-order valence-corrected chi connectivity index (χ4v) is 2.73. The zero-order valence-electron chi connectivity index (χ0n) is 12.3. The molecule has 0 saturated carbocycles. The summed E-state index contributed by atoms with van der Waals surface area (Å²) in [6.07, 6.45) is -6.32. The molecule has 0 aliphatic heterocycles. The molecule has 1 rings (SSSR count). The van der Waals surface area contributed by atoms with Gasteiger partial charge in [-0.3, -0.25) is 10.1 Å². The summed E-state index contributed by atoms with van der Waals surface area (Å²) in [7, 11) is -4.30. The van der Waals surface area contributed by atoms with Crippen molar-refractivity contribution in [1.82, 2.24) is 4.72 Å². The van der Waals surface area contributed by atoms with Crippen LogP contribution in [0.25, 0.3) is 0 Å². The number of nitrogens with zero attached hydrogens (tertiary/aromatic N) is 1. The van der Waals surface area contributed by atoms with Crippen molar-refractivity contribution in [3.8, 4) is 5.75 Å². The molecule has 0 atom stereocenters. The summed E-state index contributed by atoms with van der Waals surface area (Å²) >= 11 is 0. The second-order valence-electron chi connectivity index (χ2n) is 4.82. The average molecular weight is 356 g/mol. The lowest BCUT2D eigenvalue weighted by atomic mass is 10.3. The number of rotatable bonds is 7. The van der Waals surface area contributed by atoms with E-state index >= 15 is 0 Å². The Labute approximate surface area is 130 Å². The van der Waals surface area contributed by atoms with Gasteiger partial charge in [-0.2, -0.15) is 13.2 Å². The number of hydrogen-bond donors (Lipinski definition) is 1. The molecule has 1 aromatic carbocycles. The third-order valence-corrected chi connectivity index (χ3v) is 3.99. The molecule has 7 nitrogen and oxygen atoms in total. The Morgan fingerprint density at radius 2 is 1.96 bits per heavy atom. The Morgan fingerprint density at radius 3 is 2.43 bits per heavy atom. The minimum atomic E-state index is -4.50. The second kappa shape index (κ2) is 7.13. The summed E-state index contributed by atoms with van der Waals surface area (Å²) in [6.45, 7) is 2.31. The first-order valence-electron chi connectivity index (χ1n) is 6.44. The van der Waals surface area contributed by atoms with E-state index in [4.69, 9.17) is 4.74 Å². The number of halogens is 3. The Kier molecular flexibility index (Phi) is 5.94. The van der Waals surface area contributed by atoms with Gasteiger partial charge in [-0.25, -0.2) is 13.1 Å². The molecule has 0 fully saturated rings. The molecular formula is C12H15F3N2O5S. The fraction of sp³-hybridized carbons (Fsp3) is 0.500. The van der Waals surface area contributed by atoms with Gasteiger partial charge in [0.15, 0.2) is 0 Å². The van der Waals surface area contributed by atoms with Gasteiger partial charge >= 0.3 is 6.18 Å². The highest BCUT2D eigenvalue weighted by atomic mass is 32.2. The van der Waals surface area contributed by atoms with Crippen molar-refractivity contribution in [2.75, 3.05) is 6.54 Å². The van der Waals surface area contributed by atoms with Crippen LogP contribution in [0.4, 0.5) is 18.9 Å². The highest BCUT2D eigenvalue weighted by Crippen LogP contribution is 2.29. The second-order valence-corrected chi connectivity index (χ2v) is 6.55. The van der Waals surface area contributed by atoms with Gasteiger partial charge in [-0.15, -0.1) is 0 Å². The number of non-ortho nitro benzene ring substituents is 1. The zero-order chi connectivity index (χ0) is 17.8. The topological polar surface area (TPSA) is 98.5 Å². The number of sulfonamides is 1. The number of nitro groups is 1. The van der Waals surface area contributed by atoms with Gasteiger partial charge in [0.25, 0.3) is 5.69 Å². The molecule has 0 aromatic heterocycles. The van der Waals surface area contributed by atoms with Crippen LogP contribution in [-0.2, 0) is 10.0 Å². The first-order chi connectivity index (χ1) is 10.4. The quantitative estimate of drug-likeness (QED) is 0.598. The Morgan fingerprint density at radius 1 is 1.35 bits per heavy atom. The van der Waals surface area contributed by atoms with Crippen molar-refractivity contribution in [3.05, 3.63) is 28.3 Å². The maximum absolute atomic E-state index is 12.1. The van der Waals surface area contributed by atoms with Crippen LogP contribution in [0.15, 0.2) is 23.1 Å². The Balaban J connectivity index is 3.10. The summed E-state index contributed by atoms with van der Waals surface area (Å²) in [4.78, 5) is 9.55. The van der Waals surface area contributed by atoms with Crippen LogP contribution >= 0.6 is 0 Å². The molecule has 0 saturated heterocycles. The van der Waals surface area contributed by atoms with E-state index in [0.29, 0.717) is 0 Å². The van der Waals surface area contributed by atoms with Crippen molar-refractivity contribution in [2.24, 2.45) is 0 Å². The van der Waals surface area contributed by atoms with Gasteiger partial charge in [0, 0.05) is 12.6 Å². The largest absolute Gasteiger partial charge is 0.489 e. The van der Waals surface area contributed by atoms with E-state index in [2.05, 4.69) is 0 Å². The molecule has 0 unspecified atom stereocenters. The molecule has 0 amide bonds. The third-order valence-electron chi connectivity index (χ3n) is 2.49. The number of benzene rings is 1. The average Bonchev–Trinajstić information content (AvgIpc) is 2.35. The van der Waals surface area contributed by atoms with Crippen LogP contribution < -0.4 is 9.46 Å². The Bertz CT molecular complexity index is 674. The number of nitro benzene ring substituents is 1. The predicted molar refractivity (Wildman–Crippen MR) is 74.7 cm³/mol. The lowest BCUT2D eigenvalue weighted by Crippen LogP contribution is -2.28. The van der Waals surface area contributed by atoms with Crippen LogP contribution in [0, 0.1) is 10.1 Å². The first kappa shape index (κ1) is 19.2. The summed E-state index contributed by atoms with van der Waals surface area (Å²) in [5.41, 5.74) is -0.394. The van der Waals surface area contributed by atoms with E-state index in [1.54, 1.807) is 18.6 Å². The number of ether oxygens (including phenoxy) is 1. The van der Waals surface area contributed by atoms with Crippen molar-refractivity contribution >= 4 is 15.7 Å². The summed E-state index contributed by atoms with van der Waals surface area (Å²) in [5.74, 6) is -0.297. The molecule has 0 heterocycles. The summed E-state index contributed by atoms with van der Waals surface area (Å²) < 4.78 is 67.4. The lowest BCUT2D eigenvalue weighted by Gasteiger charge is -2.15. The van der Waals surface area contributed by atoms with Crippen LogP contribution in [0.3, 0.4) is 0 Å². The molecule has 1 N–H and O–H groups in total. The van der Waals surface area contributed by atoms with Gasteiger partial charge in [-0.05, 0) is 19.9 Å². The van der Waals surface area contributed by atoms with E-state index in [0.717, 1.165) is 18.2 Å². The van der Waals surface area contributed by atoms with Crippen molar-refractivity contribution in [3.63, 3.8) is 0 Å². The molecule has 130 valence electrons. The molecule has 11 heteroatoms. The van der Waals surface area contributed by atoms with Crippen LogP contribution in [0.5, 0.6) is 5.75 Å². The minimum Gasteiger partial charge on any atom is -0.489 e. The molecule has 0 bridgehead atoms. The van der Waals surface area contributed by atoms with Crippen molar-refractivity contribution in [2.45, 2.75) is 37.4 Å². The summed E-state index contributed by atoms with van der Waals surface area (Å²) in [6, 6.07) is 2.77. The van der Waals surface area contributed by atoms with Gasteiger partial charge in [0.05, 0.1) is 23.5 Å². The molecule has 23 heavy (non-hydrogen) atoms. The smallest absolute Gasteiger partial charge is 0.390 e. The van der Waals surface area contributed by atoms with Gasteiger partial charge in [0.1, 0.15) is 10.6 Å². The van der Waals surface area contributed by atoms with Gasteiger partial charge in [0.2, 0.25) is 10.0 Å². The van der Waals surface area contributed by atoms with Gasteiger partial charge < -0.3 is 4.74 Å². The Hall–Kier alpha value is -1.88.